The van der Waals surface area contributed by atoms with Crippen LogP contribution in [-0.2, 0) is 10.3 Å². The van der Waals surface area contributed by atoms with E-state index in [4.69, 9.17) is 4.65 Å². The van der Waals surface area contributed by atoms with Gasteiger partial charge in [-0.15, -0.1) is 0 Å². The van der Waals surface area contributed by atoms with Crippen LogP contribution < -0.4 is 5.46 Å². The number of fused-ring (bicyclic) bond motifs is 1. The van der Waals surface area contributed by atoms with Crippen LogP contribution in [0.25, 0.3) is 0 Å². The Labute approximate surface area is 106 Å². The zero-order valence-electron chi connectivity index (χ0n) is 11.9. The van der Waals surface area contributed by atoms with Crippen molar-refractivity contribution >= 4 is 12.4 Å². The Hall–Kier alpha value is -0.755. The summed E-state index contributed by atoms with van der Waals surface area (Å²) in [5.74, 6) is 1.11. The van der Waals surface area contributed by atoms with Gasteiger partial charge in [0.1, 0.15) is 0 Å². The summed E-state index contributed by atoms with van der Waals surface area (Å²) in [5.41, 5.74) is 4.02. The molecule has 0 N–H and O–H groups in total. The number of rotatable bonds is 2. The first-order valence-corrected chi connectivity index (χ1v) is 6.65. The highest BCUT2D eigenvalue weighted by atomic mass is 16.5. The van der Waals surface area contributed by atoms with Crippen molar-refractivity contribution in [3.8, 4) is 0 Å². The molecule has 17 heavy (non-hydrogen) atoms. The van der Waals surface area contributed by atoms with Gasteiger partial charge in [-0.05, 0) is 42.2 Å². The minimum absolute atomic E-state index is 0.144. The molecule has 1 aromatic rings. The van der Waals surface area contributed by atoms with Gasteiger partial charge in [0.25, 0.3) is 0 Å². The molecule has 0 unspecified atom stereocenters. The molecule has 0 aromatic heterocycles. The van der Waals surface area contributed by atoms with E-state index >= 15 is 0 Å². The van der Waals surface area contributed by atoms with Crippen molar-refractivity contribution in [1.29, 1.82) is 0 Å². The average Bonchev–Trinajstić information content (AvgIpc) is 2.51. The van der Waals surface area contributed by atoms with E-state index in [2.05, 4.69) is 59.7 Å². The van der Waals surface area contributed by atoms with Crippen molar-refractivity contribution in [2.45, 2.75) is 58.9 Å². The van der Waals surface area contributed by atoms with E-state index in [1.54, 1.807) is 0 Å². The first kappa shape index (κ1) is 12.7. The lowest BCUT2D eigenvalue weighted by molar-refractivity contribution is 0.120. The van der Waals surface area contributed by atoms with Crippen molar-refractivity contribution in [2.24, 2.45) is 0 Å². The zero-order valence-corrected chi connectivity index (χ0v) is 11.9. The van der Waals surface area contributed by atoms with Crippen LogP contribution in [0.3, 0.4) is 0 Å². The molecule has 2 rings (SSSR count). The van der Waals surface area contributed by atoms with E-state index in [1.807, 2.05) is 0 Å². The van der Waals surface area contributed by atoms with Gasteiger partial charge < -0.3 is 4.65 Å². The molecule has 92 valence electrons. The van der Waals surface area contributed by atoms with Gasteiger partial charge in [-0.1, -0.05) is 45.9 Å². The SMILES string of the molecule is CC(C)B1OC(C)(C)c2cc(C(C)C)ccc21. The maximum atomic E-state index is 6.22. The Balaban J connectivity index is 2.50. The van der Waals surface area contributed by atoms with Gasteiger partial charge in [0.05, 0.1) is 5.60 Å². The van der Waals surface area contributed by atoms with E-state index in [0.29, 0.717) is 11.7 Å². The third-order valence-electron chi connectivity index (χ3n) is 3.73. The average molecular weight is 230 g/mol. The second-order valence-electron chi connectivity index (χ2n) is 6.29. The molecular weight excluding hydrogens is 207 g/mol. The quantitative estimate of drug-likeness (QED) is 0.704. The number of hydrogen-bond donors (Lipinski definition) is 0. The highest BCUT2D eigenvalue weighted by Gasteiger charge is 2.41. The molecule has 1 heterocycles. The smallest absolute Gasteiger partial charge is 0.330 e. The topological polar surface area (TPSA) is 9.23 Å². The van der Waals surface area contributed by atoms with E-state index in [-0.39, 0.29) is 12.5 Å². The van der Waals surface area contributed by atoms with Crippen molar-refractivity contribution in [3.63, 3.8) is 0 Å². The predicted molar refractivity (Wildman–Crippen MR) is 75.1 cm³/mol. The summed E-state index contributed by atoms with van der Waals surface area (Å²) in [6.07, 6.45) is 0. The van der Waals surface area contributed by atoms with Crippen LogP contribution in [-0.4, -0.2) is 6.92 Å². The highest BCUT2D eigenvalue weighted by Crippen LogP contribution is 2.35. The molecule has 0 radical (unpaired) electrons. The molecule has 1 aromatic carbocycles. The van der Waals surface area contributed by atoms with Gasteiger partial charge in [-0.3, -0.25) is 0 Å². The minimum Gasteiger partial charge on any atom is -0.422 e. The Morgan fingerprint density at radius 1 is 1.12 bits per heavy atom. The summed E-state index contributed by atoms with van der Waals surface area (Å²) in [6, 6.07) is 6.86. The van der Waals surface area contributed by atoms with E-state index in [1.165, 1.54) is 16.6 Å². The van der Waals surface area contributed by atoms with Crippen LogP contribution in [0.1, 0.15) is 58.6 Å². The lowest BCUT2D eigenvalue weighted by atomic mass is 9.52. The zero-order chi connectivity index (χ0) is 12.8. The van der Waals surface area contributed by atoms with Crippen LogP contribution in [0, 0.1) is 0 Å². The van der Waals surface area contributed by atoms with E-state index < -0.39 is 0 Å². The lowest BCUT2D eigenvalue weighted by Crippen LogP contribution is -2.32. The van der Waals surface area contributed by atoms with Crippen molar-refractivity contribution in [2.75, 3.05) is 0 Å². The normalized spacial score (nSPS) is 18.0. The second-order valence-corrected chi connectivity index (χ2v) is 6.29. The molecule has 0 spiro atoms. The molecule has 0 aliphatic carbocycles. The Morgan fingerprint density at radius 3 is 2.29 bits per heavy atom. The third-order valence-corrected chi connectivity index (χ3v) is 3.73. The van der Waals surface area contributed by atoms with Crippen LogP contribution in [0.2, 0.25) is 5.82 Å². The molecular formula is C15H23BO. The van der Waals surface area contributed by atoms with Gasteiger partial charge in [-0.2, -0.15) is 0 Å². The molecule has 1 nitrogen and oxygen atoms in total. The maximum absolute atomic E-state index is 6.22. The van der Waals surface area contributed by atoms with Crippen LogP contribution in [0.5, 0.6) is 0 Å². The minimum atomic E-state index is -0.144. The van der Waals surface area contributed by atoms with E-state index in [0.717, 1.165) is 0 Å². The van der Waals surface area contributed by atoms with Gasteiger partial charge in [0, 0.05) is 0 Å². The summed E-state index contributed by atoms with van der Waals surface area (Å²) in [4.78, 5) is 0. The van der Waals surface area contributed by atoms with E-state index in [9.17, 15) is 0 Å². The predicted octanol–water partition coefficient (Wildman–Crippen LogP) is 3.68. The van der Waals surface area contributed by atoms with Crippen molar-refractivity contribution in [1.82, 2.24) is 0 Å². The monoisotopic (exact) mass is 230 g/mol. The third kappa shape index (κ3) is 2.15. The Kier molecular flexibility index (Phi) is 3.11. The summed E-state index contributed by atoms with van der Waals surface area (Å²) >= 11 is 0. The molecule has 2 heteroatoms. The fraction of sp³-hybridized carbons (Fsp3) is 0.600. The van der Waals surface area contributed by atoms with Crippen molar-refractivity contribution < 1.29 is 4.65 Å². The molecule has 0 bridgehead atoms. The molecule has 0 saturated heterocycles. The fourth-order valence-corrected chi connectivity index (χ4v) is 2.64. The van der Waals surface area contributed by atoms with Gasteiger partial charge in [0.15, 0.2) is 0 Å². The van der Waals surface area contributed by atoms with Gasteiger partial charge >= 0.3 is 6.92 Å². The lowest BCUT2D eigenvalue weighted by Gasteiger charge is -2.22. The molecule has 0 atom stereocenters. The van der Waals surface area contributed by atoms with Crippen LogP contribution in [0.15, 0.2) is 18.2 Å². The Morgan fingerprint density at radius 2 is 1.76 bits per heavy atom. The van der Waals surface area contributed by atoms with Crippen LogP contribution >= 0.6 is 0 Å². The largest absolute Gasteiger partial charge is 0.422 e. The van der Waals surface area contributed by atoms with Gasteiger partial charge in [-0.25, -0.2) is 0 Å². The molecule has 0 amide bonds. The number of hydrogen-bond acceptors (Lipinski definition) is 1. The summed E-state index contributed by atoms with van der Waals surface area (Å²) in [5, 5.41) is 0. The summed E-state index contributed by atoms with van der Waals surface area (Å²) in [7, 11) is 0. The first-order chi connectivity index (χ1) is 7.83. The highest BCUT2D eigenvalue weighted by molar-refractivity contribution is 6.70. The summed E-state index contributed by atoms with van der Waals surface area (Å²) in [6.45, 7) is 13.5. The molecule has 0 fully saturated rings. The molecule has 1 aliphatic heterocycles. The van der Waals surface area contributed by atoms with Crippen molar-refractivity contribution in [3.05, 3.63) is 29.3 Å². The first-order valence-electron chi connectivity index (χ1n) is 6.65. The number of benzene rings is 1. The molecule has 1 aliphatic rings. The standard InChI is InChI=1S/C15H23BO/c1-10(2)12-7-8-14-13(9-12)15(5,6)17-16(14)11(3)4/h7-11H,1-6H3. The summed E-state index contributed by atoms with van der Waals surface area (Å²) < 4.78 is 6.22. The second kappa shape index (κ2) is 4.17. The Bertz CT molecular complexity index is 421. The fourth-order valence-electron chi connectivity index (χ4n) is 2.64. The van der Waals surface area contributed by atoms with Gasteiger partial charge in [0.2, 0.25) is 0 Å². The van der Waals surface area contributed by atoms with Crippen LogP contribution in [0.4, 0.5) is 0 Å². The molecule has 0 saturated carbocycles. The maximum Gasteiger partial charge on any atom is 0.330 e.